The molecule has 26 heavy (non-hydrogen) atoms. The first kappa shape index (κ1) is 18.2. The Bertz CT molecular complexity index is 823. The minimum Gasteiger partial charge on any atom is -0.481 e. The molecule has 2 aromatic rings. The van der Waals surface area contributed by atoms with E-state index in [4.69, 9.17) is 0 Å². The van der Waals surface area contributed by atoms with Gasteiger partial charge in [-0.3, -0.25) is 9.59 Å². The summed E-state index contributed by atoms with van der Waals surface area (Å²) in [5.74, 6) is -1.67. The van der Waals surface area contributed by atoms with Crippen molar-refractivity contribution in [2.75, 3.05) is 13.1 Å². The highest BCUT2D eigenvalue weighted by molar-refractivity contribution is 5.96. The third-order valence-electron chi connectivity index (χ3n) is 5.38. The van der Waals surface area contributed by atoms with Gasteiger partial charge in [0.25, 0.3) is 5.91 Å². The van der Waals surface area contributed by atoms with E-state index < -0.39 is 11.9 Å². The van der Waals surface area contributed by atoms with Gasteiger partial charge in [0.2, 0.25) is 0 Å². The van der Waals surface area contributed by atoms with Crippen LogP contribution in [0.3, 0.4) is 0 Å². The Labute approximate surface area is 154 Å². The van der Waals surface area contributed by atoms with Gasteiger partial charge in [0.15, 0.2) is 0 Å². The highest BCUT2D eigenvalue weighted by atomic mass is 16.4. The van der Waals surface area contributed by atoms with Gasteiger partial charge in [-0.25, -0.2) is 0 Å². The summed E-state index contributed by atoms with van der Waals surface area (Å²) in [7, 11) is 0. The van der Waals surface area contributed by atoms with Crippen LogP contribution in [0.2, 0.25) is 0 Å². The van der Waals surface area contributed by atoms with Crippen molar-refractivity contribution in [3.05, 3.63) is 58.9 Å². The van der Waals surface area contributed by atoms with Crippen molar-refractivity contribution in [1.82, 2.24) is 9.47 Å². The normalized spacial score (nSPS) is 20.0. The van der Waals surface area contributed by atoms with Gasteiger partial charge in [0, 0.05) is 36.4 Å². The van der Waals surface area contributed by atoms with Crippen molar-refractivity contribution in [1.29, 1.82) is 0 Å². The molecule has 3 rings (SSSR count). The van der Waals surface area contributed by atoms with Crippen LogP contribution in [0.4, 0.5) is 0 Å². The predicted octanol–water partition coefficient (Wildman–Crippen LogP) is 3.63. The van der Waals surface area contributed by atoms with Crippen LogP contribution in [-0.2, 0) is 4.79 Å². The maximum absolute atomic E-state index is 13.1. The lowest BCUT2D eigenvalue weighted by atomic mass is 9.89. The first-order valence-corrected chi connectivity index (χ1v) is 9.06. The Morgan fingerprint density at radius 2 is 1.77 bits per heavy atom. The number of aryl methyl sites for hydroxylation is 1. The monoisotopic (exact) mass is 354 g/mol. The molecule has 138 valence electrons. The van der Waals surface area contributed by atoms with E-state index in [1.165, 1.54) is 0 Å². The summed E-state index contributed by atoms with van der Waals surface area (Å²) in [4.78, 5) is 26.6. The smallest absolute Gasteiger partial charge is 0.308 e. The average Bonchev–Trinajstić information content (AvgIpc) is 3.16. The van der Waals surface area contributed by atoms with Gasteiger partial charge in [-0.15, -0.1) is 0 Å². The molecule has 0 radical (unpaired) electrons. The summed E-state index contributed by atoms with van der Waals surface area (Å²) in [5.41, 5.74) is 3.64. The second kappa shape index (κ2) is 6.98. The molecule has 1 N–H and O–H groups in total. The number of rotatable bonds is 4. The Hall–Kier alpha value is -2.56. The second-order valence-electron chi connectivity index (χ2n) is 7.42. The van der Waals surface area contributed by atoms with Crippen molar-refractivity contribution in [3.63, 3.8) is 0 Å². The molecule has 1 aliphatic heterocycles. The Morgan fingerprint density at radius 1 is 1.12 bits per heavy atom. The van der Waals surface area contributed by atoms with E-state index in [1.54, 1.807) is 4.90 Å². The molecule has 1 fully saturated rings. The first-order valence-electron chi connectivity index (χ1n) is 9.06. The van der Waals surface area contributed by atoms with E-state index in [-0.39, 0.29) is 24.4 Å². The number of amides is 1. The Morgan fingerprint density at radius 3 is 2.31 bits per heavy atom. The van der Waals surface area contributed by atoms with Crippen LogP contribution in [0.15, 0.2) is 36.4 Å². The lowest BCUT2D eigenvalue weighted by molar-refractivity contribution is -0.141. The van der Waals surface area contributed by atoms with Crippen molar-refractivity contribution in [2.45, 2.75) is 39.7 Å². The van der Waals surface area contributed by atoms with E-state index in [0.717, 1.165) is 17.0 Å². The van der Waals surface area contributed by atoms with Crippen molar-refractivity contribution < 1.29 is 14.7 Å². The number of aliphatic carboxylic acids is 1. The fourth-order valence-corrected chi connectivity index (χ4v) is 4.22. The number of carbonyl (C=O) groups excluding carboxylic acids is 1. The number of nitrogens with zero attached hydrogens (tertiary/aromatic N) is 2. The van der Waals surface area contributed by atoms with Crippen LogP contribution >= 0.6 is 0 Å². The molecule has 2 heterocycles. The number of carboxylic acid groups (broad SMARTS) is 1. The van der Waals surface area contributed by atoms with Crippen LogP contribution in [0, 0.1) is 19.8 Å². The number of hydrogen-bond acceptors (Lipinski definition) is 2. The summed E-state index contributed by atoms with van der Waals surface area (Å²) in [5, 5.41) is 9.65. The molecule has 0 unspecified atom stereocenters. The Kier molecular flexibility index (Phi) is 4.90. The summed E-state index contributed by atoms with van der Waals surface area (Å²) >= 11 is 0. The topological polar surface area (TPSA) is 62.5 Å². The summed E-state index contributed by atoms with van der Waals surface area (Å²) in [6.45, 7) is 8.83. The summed E-state index contributed by atoms with van der Waals surface area (Å²) in [6.07, 6.45) is 0. The minimum absolute atomic E-state index is 0.0744. The SMILES string of the molecule is Cc1cc(C(=O)N2C[C@H](C(=O)O)[C@H](c3ccccc3)C2)c(C)n1C(C)C. The number of aromatic nitrogens is 1. The molecular weight excluding hydrogens is 328 g/mol. The third-order valence-corrected chi connectivity index (χ3v) is 5.38. The lowest BCUT2D eigenvalue weighted by Crippen LogP contribution is -2.30. The average molecular weight is 354 g/mol. The first-order chi connectivity index (χ1) is 12.3. The van der Waals surface area contributed by atoms with E-state index in [0.29, 0.717) is 12.1 Å². The molecule has 5 heteroatoms. The molecular formula is C21H26N2O3. The number of carboxylic acids is 1. The third kappa shape index (κ3) is 3.14. The van der Waals surface area contributed by atoms with Gasteiger partial charge < -0.3 is 14.6 Å². The maximum Gasteiger partial charge on any atom is 0.308 e. The molecule has 0 spiro atoms. The van der Waals surface area contributed by atoms with E-state index in [9.17, 15) is 14.7 Å². The van der Waals surface area contributed by atoms with Gasteiger partial charge in [0.1, 0.15) is 0 Å². The second-order valence-corrected chi connectivity index (χ2v) is 7.42. The number of hydrogen-bond donors (Lipinski definition) is 1. The number of carbonyl (C=O) groups is 2. The molecule has 1 aromatic heterocycles. The fraction of sp³-hybridized carbons (Fsp3) is 0.429. The number of benzene rings is 1. The Balaban J connectivity index is 1.90. The van der Waals surface area contributed by atoms with Crippen molar-refractivity contribution in [3.8, 4) is 0 Å². The molecule has 0 bridgehead atoms. The molecule has 0 saturated carbocycles. The van der Waals surface area contributed by atoms with Crippen LogP contribution in [-0.4, -0.2) is 39.5 Å². The molecule has 2 atom stereocenters. The van der Waals surface area contributed by atoms with Crippen molar-refractivity contribution in [2.24, 2.45) is 5.92 Å². The molecule has 0 aliphatic carbocycles. The lowest BCUT2D eigenvalue weighted by Gasteiger charge is -2.18. The molecule has 5 nitrogen and oxygen atoms in total. The zero-order valence-corrected chi connectivity index (χ0v) is 15.8. The minimum atomic E-state index is -0.846. The predicted molar refractivity (Wildman–Crippen MR) is 101 cm³/mol. The highest BCUT2D eigenvalue weighted by Crippen LogP contribution is 2.34. The van der Waals surface area contributed by atoms with Crippen LogP contribution < -0.4 is 0 Å². The molecule has 1 amide bonds. The maximum atomic E-state index is 13.1. The molecule has 1 saturated heterocycles. The molecule has 1 aromatic carbocycles. The van der Waals surface area contributed by atoms with Crippen LogP contribution in [0.25, 0.3) is 0 Å². The summed E-state index contributed by atoms with van der Waals surface area (Å²) < 4.78 is 2.15. The quantitative estimate of drug-likeness (QED) is 0.912. The van der Waals surface area contributed by atoms with Crippen LogP contribution in [0.1, 0.15) is 53.1 Å². The molecule has 1 aliphatic rings. The van der Waals surface area contributed by atoms with Crippen molar-refractivity contribution >= 4 is 11.9 Å². The fourth-order valence-electron chi connectivity index (χ4n) is 4.22. The van der Waals surface area contributed by atoms with Gasteiger partial charge in [0.05, 0.1) is 11.5 Å². The van der Waals surface area contributed by atoms with Crippen LogP contribution in [0.5, 0.6) is 0 Å². The standard InChI is InChI=1S/C21H26N2O3/c1-13(2)23-14(3)10-17(15(23)4)20(24)22-11-18(19(12-22)21(25)26)16-8-6-5-7-9-16/h5-10,13,18-19H,11-12H2,1-4H3,(H,25,26)/t18-,19-/m0/s1. The zero-order chi connectivity index (χ0) is 19.0. The van der Waals surface area contributed by atoms with E-state index >= 15 is 0 Å². The zero-order valence-electron chi connectivity index (χ0n) is 15.8. The van der Waals surface area contributed by atoms with Gasteiger partial charge in [-0.2, -0.15) is 0 Å². The van der Waals surface area contributed by atoms with Gasteiger partial charge >= 0.3 is 5.97 Å². The largest absolute Gasteiger partial charge is 0.481 e. The highest BCUT2D eigenvalue weighted by Gasteiger charge is 2.41. The van der Waals surface area contributed by atoms with E-state index in [1.807, 2.05) is 50.2 Å². The van der Waals surface area contributed by atoms with E-state index in [2.05, 4.69) is 18.4 Å². The summed E-state index contributed by atoms with van der Waals surface area (Å²) in [6, 6.07) is 11.8. The number of likely N-dealkylation sites (tertiary alicyclic amines) is 1. The van der Waals surface area contributed by atoms with Gasteiger partial charge in [-0.1, -0.05) is 30.3 Å². The van der Waals surface area contributed by atoms with Gasteiger partial charge in [-0.05, 0) is 39.3 Å².